The minimum atomic E-state index is 0.545. The predicted molar refractivity (Wildman–Crippen MR) is 79.2 cm³/mol. The lowest BCUT2D eigenvalue weighted by atomic mass is 10.2. The third-order valence-corrected chi connectivity index (χ3v) is 3.04. The number of hydrogen-bond acceptors (Lipinski definition) is 4. The average molecular weight is 266 g/mol. The van der Waals surface area contributed by atoms with Gasteiger partial charge in [-0.1, -0.05) is 12.1 Å². The fourth-order valence-electron chi connectivity index (χ4n) is 2.06. The van der Waals surface area contributed by atoms with Crippen LogP contribution in [0.4, 0.5) is 5.69 Å². The van der Waals surface area contributed by atoms with Gasteiger partial charge in [0.2, 0.25) is 0 Å². The maximum atomic E-state index is 5.90. The molecule has 0 bridgehead atoms. The van der Waals surface area contributed by atoms with Gasteiger partial charge in [0.1, 0.15) is 17.2 Å². The van der Waals surface area contributed by atoms with Crippen molar-refractivity contribution in [3.8, 4) is 17.2 Å². The van der Waals surface area contributed by atoms with Crippen LogP contribution >= 0.6 is 0 Å². The average Bonchev–Trinajstić information content (AvgIpc) is 2.48. The first-order valence-corrected chi connectivity index (χ1v) is 6.23. The summed E-state index contributed by atoms with van der Waals surface area (Å²) in [4.78, 5) is 4.30. The Hall–Kier alpha value is -2.75. The Kier molecular flexibility index (Phi) is 3.13. The highest BCUT2D eigenvalue weighted by atomic mass is 16.5. The molecular formula is C16H14N2O2. The summed E-state index contributed by atoms with van der Waals surface area (Å²) < 4.78 is 11.0. The molecule has 0 spiro atoms. The summed E-state index contributed by atoms with van der Waals surface area (Å²) in [6, 6.07) is 15.0. The van der Waals surface area contributed by atoms with Crippen LogP contribution in [0.25, 0.3) is 10.9 Å². The number of para-hydroxylation sites is 1. The van der Waals surface area contributed by atoms with Gasteiger partial charge in [-0.2, -0.15) is 0 Å². The van der Waals surface area contributed by atoms with Crippen molar-refractivity contribution in [2.45, 2.75) is 0 Å². The maximum Gasteiger partial charge on any atom is 0.142 e. The number of nitrogen functional groups attached to an aromatic ring is 1. The van der Waals surface area contributed by atoms with E-state index in [2.05, 4.69) is 4.98 Å². The molecule has 3 rings (SSSR count). The maximum absolute atomic E-state index is 5.90. The lowest BCUT2D eigenvalue weighted by Crippen LogP contribution is -1.93. The number of nitrogens with two attached hydrogens (primary N) is 1. The number of fused-ring (bicyclic) bond motifs is 1. The second kappa shape index (κ2) is 5.09. The van der Waals surface area contributed by atoms with Gasteiger partial charge in [0, 0.05) is 17.6 Å². The van der Waals surface area contributed by atoms with Crippen molar-refractivity contribution in [2.24, 2.45) is 0 Å². The zero-order valence-corrected chi connectivity index (χ0v) is 11.0. The first-order valence-electron chi connectivity index (χ1n) is 6.23. The molecule has 4 nitrogen and oxygen atoms in total. The predicted octanol–water partition coefficient (Wildman–Crippen LogP) is 3.62. The number of ether oxygens (including phenoxy) is 2. The molecule has 2 aromatic carbocycles. The monoisotopic (exact) mass is 266 g/mol. The van der Waals surface area contributed by atoms with E-state index in [0.29, 0.717) is 17.2 Å². The fraction of sp³-hybridized carbons (Fsp3) is 0.0625. The topological polar surface area (TPSA) is 57.4 Å². The van der Waals surface area contributed by atoms with Crippen molar-refractivity contribution in [2.75, 3.05) is 12.8 Å². The van der Waals surface area contributed by atoms with Crippen LogP contribution in [0.2, 0.25) is 0 Å². The van der Waals surface area contributed by atoms with Crippen molar-refractivity contribution in [1.29, 1.82) is 0 Å². The summed E-state index contributed by atoms with van der Waals surface area (Å²) in [6.07, 6.45) is 1.73. The van der Waals surface area contributed by atoms with Gasteiger partial charge >= 0.3 is 0 Å². The van der Waals surface area contributed by atoms with Gasteiger partial charge in [-0.15, -0.1) is 0 Å². The minimum Gasteiger partial charge on any atom is -0.495 e. The molecule has 3 aromatic rings. The number of methoxy groups -OCH3 is 1. The summed E-state index contributed by atoms with van der Waals surface area (Å²) in [6.45, 7) is 0. The highest BCUT2D eigenvalue weighted by Gasteiger charge is 2.06. The molecule has 0 amide bonds. The minimum absolute atomic E-state index is 0.545. The summed E-state index contributed by atoms with van der Waals surface area (Å²) in [7, 11) is 1.59. The van der Waals surface area contributed by atoms with Crippen LogP contribution in [0.15, 0.2) is 54.7 Å². The number of rotatable bonds is 3. The first-order chi connectivity index (χ1) is 9.78. The van der Waals surface area contributed by atoms with Crippen molar-refractivity contribution in [3.05, 3.63) is 54.7 Å². The number of aromatic nitrogens is 1. The van der Waals surface area contributed by atoms with Gasteiger partial charge in [0.15, 0.2) is 0 Å². The molecule has 2 N–H and O–H groups in total. The van der Waals surface area contributed by atoms with Gasteiger partial charge in [-0.25, -0.2) is 0 Å². The molecule has 0 atom stereocenters. The Bertz CT molecular complexity index is 751. The molecule has 0 saturated carbocycles. The van der Waals surface area contributed by atoms with Gasteiger partial charge in [0.25, 0.3) is 0 Å². The zero-order chi connectivity index (χ0) is 13.9. The third-order valence-electron chi connectivity index (χ3n) is 3.04. The number of anilines is 1. The number of pyridine rings is 1. The first kappa shape index (κ1) is 12.3. The van der Waals surface area contributed by atoms with E-state index in [4.69, 9.17) is 15.2 Å². The highest BCUT2D eigenvalue weighted by molar-refractivity contribution is 5.85. The Morgan fingerprint density at radius 1 is 1.00 bits per heavy atom. The Morgan fingerprint density at radius 3 is 2.65 bits per heavy atom. The zero-order valence-electron chi connectivity index (χ0n) is 11.0. The lowest BCUT2D eigenvalue weighted by Gasteiger charge is -2.10. The molecule has 0 unspecified atom stereocenters. The van der Waals surface area contributed by atoms with Crippen molar-refractivity contribution in [3.63, 3.8) is 0 Å². The molecule has 20 heavy (non-hydrogen) atoms. The van der Waals surface area contributed by atoms with Crippen LogP contribution in [0, 0.1) is 0 Å². The van der Waals surface area contributed by atoms with Crippen LogP contribution in [-0.4, -0.2) is 12.1 Å². The van der Waals surface area contributed by atoms with E-state index in [1.54, 1.807) is 25.4 Å². The van der Waals surface area contributed by atoms with Crippen LogP contribution in [0.3, 0.4) is 0 Å². The second-order valence-electron chi connectivity index (χ2n) is 4.33. The Morgan fingerprint density at radius 2 is 1.85 bits per heavy atom. The standard InChI is InChI=1S/C16H14N2O2/c1-19-16-7-6-11(10-13(16)17)20-15-8-9-18-14-5-3-2-4-12(14)15/h2-10H,17H2,1H3. The number of nitrogens with zero attached hydrogens (tertiary/aromatic N) is 1. The smallest absolute Gasteiger partial charge is 0.142 e. The van der Waals surface area contributed by atoms with Crippen LogP contribution in [0.1, 0.15) is 0 Å². The summed E-state index contributed by atoms with van der Waals surface area (Å²) in [5.41, 5.74) is 7.32. The molecule has 4 heteroatoms. The largest absolute Gasteiger partial charge is 0.495 e. The van der Waals surface area contributed by atoms with E-state index in [1.807, 2.05) is 36.4 Å². The van der Waals surface area contributed by atoms with Gasteiger partial charge in [-0.05, 0) is 30.3 Å². The molecule has 1 heterocycles. The Balaban J connectivity index is 1.99. The van der Waals surface area contributed by atoms with E-state index in [1.165, 1.54) is 0 Å². The molecule has 0 radical (unpaired) electrons. The summed E-state index contributed by atoms with van der Waals surface area (Å²) >= 11 is 0. The number of hydrogen-bond donors (Lipinski definition) is 1. The van der Waals surface area contributed by atoms with E-state index < -0.39 is 0 Å². The second-order valence-corrected chi connectivity index (χ2v) is 4.33. The summed E-state index contributed by atoms with van der Waals surface area (Å²) in [5, 5.41) is 0.962. The molecular weight excluding hydrogens is 252 g/mol. The van der Waals surface area contributed by atoms with Crippen LogP contribution in [0.5, 0.6) is 17.2 Å². The van der Waals surface area contributed by atoms with Crippen molar-refractivity contribution in [1.82, 2.24) is 4.98 Å². The molecule has 0 fully saturated rings. The van der Waals surface area contributed by atoms with E-state index in [0.717, 1.165) is 16.7 Å². The fourth-order valence-corrected chi connectivity index (χ4v) is 2.06. The van der Waals surface area contributed by atoms with E-state index in [-0.39, 0.29) is 0 Å². The van der Waals surface area contributed by atoms with Crippen LogP contribution < -0.4 is 15.2 Å². The van der Waals surface area contributed by atoms with Gasteiger partial charge in [0.05, 0.1) is 18.3 Å². The molecule has 100 valence electrons. The normalized spacial score (nSPS) is 10.4. The van der Waals surface area contributed by atoms with Gasteiger partial charge < -0.3 is 15.2 Å². The molecule has 1 aromatic heterocycles. The third kappa shape index (κ3) is 2.23. The lowest BCUT2D eigenvalue weighted by molar-refractivity contribution is 0.415. The van der Waals surface area contributed by atoms with Crippen LogP contribution in [-0.2, 0) is 0 Å². The van der Waals surface area contributed by atoms with E-state index >= 15 is 0 Å². The highest BCUT2D eigenvalue weighted by Crippen LogP contribution is 2.32. The van der Waals surface area contributed by atoms with Gasteiger partial charge in [-0.3, -0.25) is 4.98 Å². The Labute approximate surface area is 116 Å². The molecule has 0 aliphatic carbocycles. The molecule has 0 aliphatic rings. The molecule has 0 aliphatic heterocycles. The number of benzene rings is 2. The summed E-state index contributed by atoms with van der Waals surface area (Å²) in [5.74, 6) is 2.05. The SMILES string of the molecule is COc1ccc(Oc2ccnc3ccccc23)cc1N. The van der Waals surface area contributed by atoms with Crippen molar-refractivity contribution >= 4 is 16.6 Å². The quantitative estimate of drug-likeness (QED) is 0.736. The van der Waals surface area contributed by atoms with E-state index in [9.17, 15) is 0 Å². The molecule has 0 saturated heterocycles. The van der Waals surface area contributed by atoms with Crippen molar-refractivity contribution < 1.29 is 9.47 Å².